The first-order valence-corrected chi connectivity index (χ1v) is 8.42. The lowest BCUT2D eigenvalue weighted by molar-refractivity contribution is 0.0420. The SMILES string of the molecule is CC(C)Cc1ccc(Nc2ncc(C(F)(F)c3ccncc3)cn2)cc1. The zero-order valence-electron chi connectivity index (χ0n) is 14.7. The van der Waals surface area contributed by atoms with Gasteiger partial charge in [-0.2, -0.15) is 8.78 Å². The number of rotatable bonds is 6. The Bertz CT molecular complexity index is 832. The smallest absolute Gasteiger partial charge is 0.301 e. The molecular weight excluding hydrogens is 334 g/mol. The van der Waals surface area contributed by atoms with Crippen LogP contribution in [-0.2, 0) is 12.3 Å². The summed E-state index contributed by atoms with van der Waals surface area (Å²) in [6, 6.07) is 10.5. The summed E-state index contributed by atoms with van der Waals surface area (Å²) < 4.78 is 28.9. The van der Waals surface area contributed by atoms with Crippen molar-refractivity contribution in [3.05, 3.63) is 77.9 Å². The summed E-state index contributed by atoms with van der Waals surface area (Å²) in [5.41, 5.74) is 1.66. The van der Waals surface area contributed by atoms with E-state index in [1.165, 1.54) is 30.1 Å². The van der Waals surface area contributed by atoms with E-state index in [4.69, 9.17) is 0 Å². The summed E-state index contributed by atoms with van der Waals surface area (Å²) in [4.78, 5) is 11.8. The molecule has 2 heterocycles. The van der Waals surface area contributed by atoms with Gasteiger partial charge in [0.05, 0.1) is 5.56 Å². The van der Waals surface area contributed by atoms with Crippen LogP contribution in [0.5, 0.6) is 0 Å². The molecule has 0 aliphatic carbocycles. The van der Waals surface area contributed by atoms with Crippen molar-refractivity contribution in [2.24, 2.45) is 5.92 Å². The molecule has 0 atom stereocenters. The van der Waals surface area contributed by atoms with Crippen LogP contribution in [0.15, 0.2) is 61.2 Å². The normalized spacial score (nSPS) is 11.6. The fourth-order valence-corrected chi connectivity index (χ4v) is 2.61. The Kier molecular flexibility index (Phi) is 5.21. The molecule has 0 bridgehead atoms. The maximum Gasteiger partial charge on any atom is 0.301 e. The van der Waals surface area contributed by atoms with Crippen LogP contribution in [0.4, 0.5) is 20.4 Å². The quantitative estimate of drug-likeness (QED) is 0.680. The third-order valence-electron chi connectivity index (χ3n) is 3.91. The zero-order chi connectivity index (χ0) is 18.6. The van der Waals surface area contributed by atoms with Crippen molar-refractivity contribution in [2.45, 2.75) is 26.2 Å². The van der Waals surface area contributed by atoms with Gasteiger partial charge in [-0.3, -0.25) is 4.98 Å². The number of benzene rings is 1. The molecule has 134 valence electrons. The highest BCUT2D eigenvalue weighted by Crippen LogP contribution is 2.34. The molecule has 0 spiro atoms. The average molecular weight is 354 g/mol. The minimum Gasteiger partial charge on any atom is -0.324 e. The first-order valence-electron chi connectivity index (χ1n) is 8.42. The third kappa shape index (κ3) is 4.20. The second kappa shape index (κ2) is 7.56. The zero-order valence-corrected chi connectivity index (χ0v) is 14.7. The van der Waals surface area contributed by atoms with Crippen LogP contribution in [-0.4, -0.2) is 15.0 Å². The average Bonchev–Trinajstić information content (AvgIpc) is 2.64. The van der Waals surface area contributed by atoms with E-state index in [0.717, 1.165) is 24.5 Å². The summed E-state index contributed by atoms with van der Waals surface area (Å²) >= 11 is 0. The van der Waals surface area contributed by atoms with Crippen LogP contribution in [0.2, 0.25) is 0 Å². The van der Waals surface area contributed by atoms with Crippen LogP contribution in [0.25, 0.3) is 0 Å². The molecule has 0 saturated carbocycles. The van der Waals surface area contributed by atoms with E-state index < -0.39 is 5.92 Å². The number of nitrogens with zero attached hydrogens (tertiary/aromatic N) is 3. The van der Waals surface area contributed by atoms with Gasteiger partial charge in [0.15, 0.2) is 0 Å². The number of nitrogens with one attached hydrogen (secondary N) is 1. The highest BCUT2D eigenvalue weighted by molar-refractivity contribution is 5.53. The minimum atomic E-state index is -3.17. The van der Waals surface area contributed by atoms with Crippen LogP contribution < -0.4 is 5.32 Å². The third-order valence-corrected chi connectivity index (χ3v) is 3.91. The second-order valence-corrected chi connectivity index (χ2v) is 6.53. The first kappa shape index (κ1) is 17.9. The summed E-state index contributed by atoms with van der Waals surface area (Å²) in [6.07, 6.45) is 5.97. The van der Waals surface area contributed by atoms with E-state index >= 15 is 0 Å². The molecule has 0 aliphatic heterocycles. The van der Waals surface area contributed by atoms with E-state index in [2.05, 4.69) is 34.1 Å². The molecule has 1 aromatic carbocycles. The van der Waals surface area contributed by atoms with E-state index in [1.54, 1.807) is 0 Å². The van der Waals surface area contributed by atoms with E-state index in [0.29, 0.717) is 5.92 Å². The lowest BCUT2D eigenvalue weighted by Gasteiger charge is -2.16. The molecule has 0 unspecified atom stereocenters. The molecule has 4 nitrogen and oxygen atoms in total. The van der Waals surface area contributed by atoms with Crippen molar-refractivity contribution >= 4 is 11.6 Å². The topological polar surface area (TPSA) is 50.7 Å². The lowest BCUT2D eigenvalue weighted by Crippen LogP contribution is -2.16. The van der Waals surface area contributed by atoms with Crippen molar-refractivity contribution in [1.29, 1.82) is 0 Å². The number of hydrogen-bond acceptors (Lipinski definition) is 4. The van der Waals surface area contributed by atoms with Gasteiger partial charge in [-0.25, -0.2) is 9.97 Å². The molecule has 0 amide bonds. The minimum absolute atomic E-state index is 0.141. The van der Waals surface area contributed by atoms with E-state index in [9.17, 15) is 8.78 Å². The molecule has 0 radical (unpaired) electrons. The van der Waals surface area contributed by atoms with Gasteiger partial charge in [0.25, 0.3) is 0 Å². The van der Waals surface area contributed by atoms with Gasteiger partial charge in [0.1, 0.15) is 0 Å². The van der Waals surface area contributed by atoms with Gasteiger partial charge >= 0.3 is 5.92 Å². The Morgan fingerprint density at radius 3 is 2.12 bits per heavy atom. The standard InChI is InChI=1S/C20H20F2N4/c1-14(2)11-15-3-5-18(6-4-15)26-19-24-12-17(13-25-19)20(21,22)16-7-9-23-10-8-16/h3-10,12-14H,11H2,1-2H3,(H,24,25,26). The first-order chi connectivity index (χ1) is 12.4. The molecule has 3 aromatic rings. The Labute approximate surface area is 151 Å². The van der Waals surface area contributed by atoms with Crippen LogP contribution >= 0.6 is 0 Å². The summed E-state index contributed by atoms with van der Waals surface area (Å²) in [7, 11) is 0. The number of hydrogen-bond donors (Lipinski definition) is 1. The number of anilines is 2. The van der Waals surface area contributed by atoms with Gasteiger partial charge in [0.2, 0.25) is 5.95 Å². The molecule has 6 heteroatoms. The van der Waals surface area contributed by atoms with E-state index in [-0.39, 0.29) is 17.1 Å². The summed E-state index contributed by atoms with van der Waals surface area (Å²) in [5.74, 6) is -2.30. The maximum atomic E-state index is 14.5. The summed E-state index contributed by atoms with van der Waals surface area (Å²) in [5, 5.41) is 3.03. The Morgan fingerprint density at radius 1 is 0.923 bits per heavy atom. The predicted molar refractivity (Wildman–Crippen MR) is 97.5 cm³/mol. The number of alkyl halides is 2. The van der Waals surface area contributed by atoms with Gasteiger partial charge in [0, 0.05) is 36.0 Å². The summed E-state index contributed by atoms with van der Waals surface area (Å²) in [6.45, 7) is 4.34. The van der Waals surface area contributed by atoms with E-state index in [1.807, 2.05) is 24.3 Å². The van der Waals surface area contributed by atoms with Crippen LogP contribution in [0, 0.1) is 5.92 Å². The molecule has 3 rings (SSSR count). The Balaban J connectivity index is 1.72. The van der Waals surface area contributed by atoms with Gasteiger partial charge in [-0.05, 0) is 42.2 Å². The van der Waals surface area contributed by atoms with Crippen LogP contribution in [0.1, 0.15) is 30.5 Å². The molecular formula is C20H20F2N4. The Hall–Kier alpha value is -2.89. The van der Waals surface area contributed by atoms with Crippen molar-refractivity contribution in [3.63, 3.8) is 0 Å². The predicted octanol–water partition coefficient (Wildman–Crippen LogP) is 4.95. The van der Waals surface area contributed by atoms with Crippen molar-refractivity contribution in [2.75, 3.05) is 5.32 Å². The van der Waals surface area contributed by atoms with Crippen LogP contribution in [0.3, 0.4) is 0 Å². The Morgan fingerprint density at radius 2 is 1.54 bits per heavy atom. The maximum absolute atomic E-state index is 14.5. The highest BCUT2D eigenvalue weighted by Gasteiger charge is 2.34. The number of halogens is 2. The monoisotopic (exact) mass is 354 g/mol. The fraction of sp³-hybridized carbons (Fsp3) is 0.250. The molecule has 0 saturated heterocycles. The van der Waals surface area contributed by atoms with Gasteiger partial charge < -0.3 is 5.32 Å². The molecule has 26 heavy (non-hydrogen) atoms. The van der Waals surface area contributed by atoms with Crippen molar-refractivity contribution in [1.82, 2.24) is 15.0 Å². The largest absolute Gasteiger partial charge is 0.324 e. The highest BCUT2D eigenvalue weighted by atomic mass is 19.3. The van der Waals surface area contributed by atoms with Crippen molar-refractivity contribution < 1.29 is 8.78 Å². The molecule has 0 aliphatic rings. The molecule has 0 fully saturated rings. The molecule has 2 aromatic heterocycles. The molecule has 1 N–H and O–H groups in total. The van der Waals surface area contributed by atoms with Gasteiger partial charge in [-0.15, -0.1) is 0 Å². The number of pyridine rings is 1. The number of aromatic nitrogens is 3. The second-order valence-electron chi connectivity index (χ2n) is 6.53. The fourth-order valence-electron chi connectivity index (χ4n) is 2.61. The van der Waals surface area contributed by atoms with Crippen molar-refractivity contribution in [3.8, 4) is 0 Å². The lowest BCUT2D eigenvalue weighted by atomic mass is 10.0. The van der Waals surface area contributed by atoms with Gasteiger partial charge in [-0.1, -0.05) is 26.0 Å².